The average molecular weight is 278 g/mol. The van der Waals surface area contributed by atoms with Gasteiger partial charge in [0.15, 0.2) is 0 Å². The molecule has 1 rings (SSSR count). The van der Waals surface area contributed by atoms with Crippen molar-refractivity contribution in [2.45, 2.75) is 58.0 Å². The largest absolute Gasteiger partial charge is 0.444 e. The Labute approximate surface area is 113 Å². The third-order valence-corrected chi connectivity index (χ3v) is 3.48. The third kappa shape index (κ3) is 5.30. The topological polar surface area (TPSA) is 64.3 Å². The summed E-state index contributed by atoms with van der Waals surface area (Å²) in [6.07, 6.45) is -0.212. The van der Waals surface area contributed by atoms with Gasteiger partial charge in [0.05, 0.1) is 0 Å². The van der Waals surface area contributed by atoms with Crippen molar-refractivity contribution < 1.29 is 18.3 Å². The molecule has 0 bridgehead atoms. The fourth-order valence-corrected chi connectivity index (χ4v) is 2.17. The van der Waals surface area contributed by atoms with Crippen molar-refractivity contribution in [3.8, 4) is 0 Å². The van der Waals surface area contributed by atoms with Gasteiger partial charge >= 0.3 is 6.09 Å². The summed E-state index contributed by atoms with van der Waals surface area (Å²) < 4.78 is 31.4. The fourth-order valence-electron chi connectivity index (χ4n) is 2.17. The molecule has 1 aliphatic carbocycles. The van der Waals surface area contributed by atoms with Crippen molar-refractivity contribution >= 4 is 6.09 Å². The van der Waals surface area contributed by atoms with Crippen LogP contribution in [0, 0.1) is 5.41 Å². The molecule has 112 valence electrons. The van der Waals surface area contributed by atoms with E-state index < -0.39 is 23.0 Å². The van der Waals surface area contributed by atoms with E-state index in [0.29, 0.717) is 19.4 Å². The number of nitrogens with two attached hydrogens (primary N) is 1. The average Bonchev–Trinajstić information content (AvgIpc) is 2.26. The number of carbonyl (C=O) groups excluding carboxylic acids is 1. The van der Waals surface area contributed by atoms with E-state index in [1.54, 1.807) is 20.8 Å². The normalized spacial score (nSPS) is 21.8. The number of alkyl carbamates (subject to hydrolysis) is 1. The molecule has 0 unspecified atom stereocenters. The van der Waals surface area contributed by atoms with Crippen molar-refractivity contribution in [1.29, 1.82) is 0 Å². The molecule has 1 aliphatic rings. The lowest BCUT2D eigenvalue weighted by Crippen LogP contribution is -2.47. The summed E-state index contributed by atoms with van der Waals surface area (Å²) in [7, 11) is 0. The van der Waals surface area contributed by atoms with Crippen molar-refractivity contribution in [2.24, 2.45) is 11.1 Å². The number of ether oxygens (including phenoxy) is 1. The van der Waals surface area contributed by atoms with Crippen LogP contribution < -0.4 is 11.1 Å². The molecule has 0 heterocycles. The molecule has 19 heavy (non-hydrogen) atoms. The van der Waals surface area contributed by atoms with E-state index in [2.05, 4.69) is 5.32 Å². The van der Waals surface area contributed by atoms with E-state index in [4.69, 9.17) is 10.5 Å². The molecule has 0 spiro atoms. The molecule has 1 saturated carbocycles. The second kappa shape index (κ2) is 5.61. The first-order valence-electron chi connectivity index (χ1n) is 6.62. The van der Waals surface area contributed by atoms with E-state index in [1.807, 2.05) is 0 Å². The van der Waals surface area contributed by atoms with Gasteiger partial charge in [-0.3, -0.25) is 0 Å². The van der Waals surface area contributed by atoms with E-state index in [9.17, 15) is 13.6 Å². The smallest absolute Gasteiger partial charge is 0.407 e. The van der Waals surface area contributed by atoms with Crippen LogP contribution in [0.1, 0.15) is 46.5 Å². The molecule has 3 N–H and O–H groups in total. The fraction of sp³-hybridized carbons (Fsp3) is 0.923. The Balaban J connectivity index is 2.48. The van der Waals surface area contributed by atoms with Crippen molar-refractivity contribution in [2.75, 3.05) is 13.1 Å². The molecule has 0 radical (unpaired) electrons. The standard InChI is InChI=1S/C13H24F2N2O2/c1-11(2,3)19-10(18)17-9-12(8-16)4-6-13(14,15)7-5-12/h4-9,16H2,1-3H3,(H,17,18). The van der Waals surface area contributed by atoms with Crippen molar-refractivity contribution in [3.05, 3.63) is 0 Å². The first kappa shape index (κ1) is 16.1. The summed E-state index contributed by atoms with van der Waals surface area (Å²) in [5.74, 6) is -2.59. The highest BCUT2D eigenvalue weighted by Gasteiger charge is 2.42. The molecule has 1 amide bonds. The molecular weight excluding hydrogens is 254 g/mol. The lowest BCUT2D eigenvalue weighted by molar-refractivity contribution is -0.0648. The Bertz CT molecular complexity index is 317. The SMILES string of the molecule is CC(C)(C)OC(=O)NCC1(CN)CCC(F)(F)CC1. The molecule has 0 atom stereocenters. The summed E-state index contributed by atoms with van der Waals surface area (Å²) in [5, 5.41) is 2.64. The second-order valence-corrected chi connectivity index (χ2v) is 6.42. The van der Waals surface area contributed by atoms with Crippen LogP contribution in [0.2, 0.25) is 0 Å². The zero-order valence-corrected chi connectivity index (χ0v) is 11.9. The van der Waals surface area contributed by atoms with Crippen molar-refractivity contribution in [1.82, 2.24) is 5.32 Å². The molecule has 1 fully saturated rings. The number of nitrogens with one attached hydrogen (secondary N) is 1. The van der Waals surface area contributed by atoms with Gasteiger partial charge in [-0.15, -0.1) is 0 Å². The number of hydrogen-bond donors (Lipinski definition) is 2. The van der Waals surface area contributed by atoms with Gasteiger partial charge in [-0.2, -0.15) is 0 Å². The lowest BCUT2D eigenvalue weighted by atomic mass is 9.72. The molecule has 0 aromatic carbocycles. The first-order valence-corrected chi connectivity index (χ1v) is 6.62. The maximum Gasteiger partial charge on any atom is 0.407 e. The Hall–Kier alpha value is -0.910. The molecular formula is C13H24F2N2O2. The minimum Gasteiger partial charge on any atom is -0.444 e. The highest BCUT2D eigenvalue weighted by atomic mass is 19.3. The van der Waals surface area contributed by atoms with Gasteiger partial charge < -0.3 is 15.8 Å². The monoisotopic (exact) mass is 278 g/mol. The molecule has 0 aliphatic heterocycles. The van der Waals surface area contributed by atoms with Gasteiger partial charge in [0.2, 0.25) is 5.92 Å². The molecule has 4 nitrogen and oxygen atoms in total. The summed E-state index contributed by atoms with van der Waals surface area (Å²) in [6, 6.07) is 0. The molecule has 0 saturated heterocycles. The minimum absolute atomic E-state index is 0.166. The lowest BCUT2D eigenvalue weighted by Gasteiger charge is -2.39. The van der Waals surface area contributed by atoms with Gasteiger partial charge in [0.1, 0.15) is 5.60 Å². The maximum absolute atomic E-state index is 13.2. The van der Waals surface area contributed by atoms with Crippen LogP contribution in [0.4, 0.5) is 13.6 Å². The maximum atomic E-state index is 13.2. The Kier molecular flexibility index (Phi) is 4.76. The van der Waals surface area contributed by atoms with Crippen LogP contribution >= 0.6 is 0 Å². The van der Waals surface area contributed by atoms with Gasteiger partial charge in [0, 0.05) is 24.8 Å². The minimum atomic E-state index is -2.59. The van der Waals surface area contributed by atoms with Crippen LogP contribution in [0.15, 0.2) is 0 Å². The third-order valence-electron chi connectivity index (χ3n) is 3.48. The summed E-state index contributed by atoms with van der Waals surface area (Å²) >= 11 is 0. The molecule has 0 aromatic rings. The zero-order valence-electron chi connectivity index (χ0n) is 11.9. The predicted molar refractivity (Wildman–Crippen MR) is 69.1 cm³/mol. The molecule has 0 aromatic heterocycles. The van der Waals surface area contributed by atoms with Gasteiger partial charge in [0.25, 0.3) is 0 Å². The number of halogens is 2. The summed E-state index contributed by atoms with van der Waals surface area (Å²) in [6.45, 7) is 5.89. The quantitative estimate of drug-likeness (QED) is 0.834. The Morgan fingerprint density at radius 2 is 1.79 bits per heavy atom. The van der Waals surface area contributed by atoms with E-state index in [-0.39, 0.29) is 19.4 Å². The molecule has 6 heteroatoms. The van der Waals surface area contributed by atoms with E-state index >= 15 is 0 Å². The number of carbonyl (C=O) groups is 1. The second-order valence-electron chi connectivity index (χ2n) is 6.42. The van der Waals surface area contributed by atoms with Gasteiger partial charge in [-0.25, -0.2) is 13.6 Å². The Morgan fingerprint density at radius 1 is 1.26 bits per heavy atom. The first-order chi connectivity index (χ1) is 8.58. The Morgan fingerprint density at radius 3 is 2.21 bits per heavy atom. The van der Waals surface area contributed by atoms with E-state index in [0.717, 1.165) is 0 Å². The number of amides is 1. The number of rotatable bonds is 3. The number of alkyl halides is 2. The van der Waals surface area contributed by atoms with Gasteiger partial charge in [-0.1, -0.05) is 0 Å². The van der Waals surface area contributed by atoms with Crippen LogP contribution in [0.25, 0.3) is 0 Å². The van der Waals surface area contributed by atoms with Gasteiger partial charge in [-0.05, 0) is 40.2 Å². The summed E-state index contributed by atoms with van der Waals surface area (Å²) in [4.78, 5) is 11.6. The van der Waals surface area contributed by atoms with Crippen molar-refractivity contribution in [3.63, 3.8) is 0 Å². The van der Waals surface area contributed by atoms with E-state index in [1.165, 1.54) is 0 Å². The highest BCUT2D eigenvalue weighted by Crippen LogP contribution is 2.42. The highest BCUT2D eigenvalue weighted by molar-refractivity contribution is 5.67. The van der Waals surface area contributed by atoms with Crippen LogP contribution in [-0.4, -0.2) is 30.7 Å². The number of hydrogen-bond acceptors (Lipinski definition) is 3. The van der Waals surface area contributed by atoms with Crippen LogP contribution in [0.5, 0.6) is 0 Å². The summed E-state index contributed by atoms with van der Waals surface area (Å²) in [5.41, 5.74) is 4.70. The van der Waals surface area contributed by atoms with Crippen LogP contribution in [-0.2, 0) is 4.74 Å². The zero-order chi connectivity index (χ0) is 14.7. The van der Waals surface area contributed by atoms with Crippen LogP contribution in [0.3, 0.4) is 0 Å². The predicted octanol–water partition coefficient (Wildman–Crippen LogP) is 2.67.